The molecule has 1 fully saturated rings. The molecule has 4 atom stereocenters. The summed E-state index contributed by atoms with van der Waals surface area (Å²) in [5.41, 5.74) is -1.45. The lowest BCUT2D eigenvalue weighted by molar-refractivity contribution is -0.169. The molecule has 1 aliphatic rings. The molecule has 1 aromatic carbocycles. The first kappa shape index (κ1) is 34.8. The number of allylic oxidation sites excluding steroid dienone is 1. The van der Waals surface area contributed by atoms with Gasteiger partial charge in [-0.2, -0.15) is 4.90 Å². The molecule has 234 valence electrons. The molecule has 0 N–H and O–H groups in total. The van der Waals surface area contributed by atoms with Crippen LogP contribution in [0.3, 0.4) is 0 Å². The quantitative estimate of drug-likeness (QED) is 0.197. The van der Waals surface area contributed by atoms with E-state index in [2.05, 4.69) is 0 Å². The van der Waals surface area contributed by atoms with Gasteiger partial charge < -0.3 is 23.7 Å². The summed E-state index contributed by atoms with van der Waals surface area (Å²) < 4.78 is 28.8. The fourth-order valence-corrected chi connectivity index (χ4v) is 4.33. The molecule has 10 nitrogen and oxygen atoms in total. The predicted molar refractivity (Wildman–Crippen MR) is 157 cm³/mol. The maximum atomic E-state index is 13.6. The summed E-state index contributed by atoms with van der Waals surface area (Å²) in [7, 11) is 0. The van der Waals surface area contributed by atoms with E-state index in [0.29, 0.717) is 29.7 Å². The van der Waals surface area contributed by atoms with E-state index >= 15 is 0 Å². The fraction of sp³-hybridized carbons (Fsp3) is 0.625. The van der Waals surface area contributed by atoms with Crippen molar-refractivity contribution >= 4 is 24.1 Å². The van der Waals surface area contributed by atoms with Crippen LogP contribution in [0.15, 0.2) is 42.5 Å². The molecule has 1 aromatic rings. The number of ether oxygens (including phenoxy) is 5. The van der Waals surface area contributed by atoms with E-state index in [0.717, 1.165) is 6.42 Å². The summed E-state index contributed by atoms with van der Waals surface area (Å²) in [5.74, 6) is -1.32. The molecule has 0 bridgehead atoms. The Hall–Kier alpha value is -3.40. The van der Waals surface area contributed by atoms with Crippen LogP contribution in [-0.2, 0) is 28.5 Å². The lowest BCUT2D eigenvalue weighted by Crippen LogP contribution is -2.54. The molecule has 0 unspecified atom stereocenters. The molecule has 0 aromatic heterocycles. The Morgan fingerprint density at radius 1 is 0.929 bits per heavy atom. The van der Waals surface area contributed by atoms with Crippen molar-refractivity contribution in [1.29, 1.82) is 0 Å². The number of benzene rings is 1. The van der Waals surface area contributed by atoms with Crippen molar-refractivity contribution < 1.29 is 42.9 Å². The number of imide groups is 1. The molecule has 10 heteroatoms. The van der Waals surface area contributed by atoms with Gasteiger partial charge in [-0.15, -0.1) is 0 Å². The predicted octanol–water partition coefficient (Wildman–Crippen LogP) is 6.61. The first-order chi connectivity index (χ1) is 19.6. The highest BCUT2D eigenvalue weighted by Gasteiger charge is 2.43. The summed E-state index contributed by atoms with van der Waals surface area (Å²) in [5, 5.41) is 0. The highest BCUT2D eigenvalue weighted by Crippen LogP contribution is 2.26. The second kappa shape index (κ2) is 15.7. The molecule has 0 aliphatic carbocycles. The molecule has 2 amide bonds. The second-order valence-electron chi connectivity index (χ2n) is 12.3. The number of amides is 2. The van der Waals surface area contributed by atoms with Gasteiger partial charge in [-0.05, 0) is 86.3 Å². The Bertz CT molecular complexity index is 1040. The highest BCUT2D eigenvalue weighted by atomic mass is 16.6. The first-order valence-corrected chi connectivity index (χ1v) is 14.6. The average Bonchev–Trinajstić information content (AvgIpc) is 2.87. The third-order valence-electron chi connectivity index (χ3n) is 6.17. The maximum Gasteiger partial charge on any atom is 0.420 e. The van der Waals surface area contributed by atoms with Crippen molar-refractivity contribution in [3.05, 3.63) is 48.0 Å². The highest BCUT2D eigenvalue weighted by molar-refractivity contribution is 5.94. The van der Waals surface area contributed by atoms with E-state index < -0.39 is 59.7 Å². The number of nitrogens with zero attached hydrogens (tertiary/aromatic N) is 1. The second-order valence-corrected chi connectivity index (χ2v) is 12.3. The summed E-state index contributed by atoms with van der Waals surface area (Å²) in [4.78, 5) is 53.8. The van der Waals surface area contributed by atoms with Crippen molar-refractivity contribution in [1.82, 2.24) is 4.90 Å². The minimum absolute atomic E-state index is 0.105. The molecule has 42 heavy (non-hydrogen) atoms. The summed E-state index contributed by atoms with van der Waals surface area (Å²) >= 11 is 0. The average molecular weight is 590 g/mol. The minimum atomic E-state index is -1.29. The summed E-state index contributed by atoms with van der Waals surface area (Å²) in [6, 6.07) is 7.35. The van der Waals surface area contributed by atoms with Gasteiger partial charge in [0.05, 0.1) is 12.2 Å². The third kappa shape index (κ3) is 11.5. The number of esters is 2. The molecule has 1 aliphatic heterocycles. The SMILES string of the molecule is CC/C=C/CO[C@H]1[C@H](C)OC(=O)[C@@H](N(C(=O)OC(C)(C)C)C(=O)OC(C)(C)C)CCCC[C@@H]1OC(=O)c1ccccc1. The van der Waals surface area contributed by atoms with Gasteiger partial charge in [0.25, 0.3) is 0 Å². The lowest BCUT2D eigenvalue weighted by Gasteiger charge is -2.36. The van der Waals surface area contributed by atoms with Crippen LogP contribution in [0.4, 0.5) is 9.59 Å². The van der Waals surface area contributed by atoms with Crippen LogP contribution in [-0.4, -0.2) is 71.2 Å². The zero-order valence-electron chi connectivity index (χ0n) is 26.2. The Morgan fingerprint density at radius 3 is 2.05 bits per heavy atom. The van der Waals surface area contributed by atoms with E-state index in [1.165, 1.54) is 0 Å². The molecule has 1 heterocycles. The Kier molecular flexibility index (Phi) is 13.0. The van der Waals surface area contributed by atoms with Gasteiger partial charge in [-0.1, -0.05) is 43.7 Å². The Labute approximate surface area is 249 Å². The van der Waals surface area contributed by atoms with Crippen LogP contribution in [0.5, 0.6) is 0 Å². The number of carbonyl (C=O) groups is 4. The molecule has 0 spiro atoms. The van der Waals surface area contributed by atoms with Gasteiger partial charge in [-0.25, -0.2) is 19.2 Å². The van der Waals surface area contributed by atoms with E-state index in [4.69, 9.17) is 23.7 Å². The maximum absolute atomic E-state index is 13.6. The monoisotopic (exact) mass is 589 g/mol. The third-order valence-corrected chi connectivity index (χ3v) is 6.17. The zero-order valence-corrected chi connectivity index (χ0v) is 26.2. The number of carbonyl (C=O) groups excluding carboxylic acids is 4. The fourth-order valence-electron chi connectivity index (χ4n) is 4.33. The van der Waals surface area contributed by atoms with Crippen LogP contribution in [0.25, 0.3) is 0 Å². The zero-order chi connectivity index (χ0) is 31.5. The van der Waals surface area contributed by atoms with Gasteiger partial charge in [0, 0.05) is 0 Å². The van der Waals surface area contributed by atoms with Crippen molar-refractivity contribution in [3.8, 4) is 0 Å². The van der Waals surface area contributed by atoms with E-state index in [1.54, 1.807) is 72.7 Å². The molecule has 2 rings (SSSR count). The van der Waals surface area contributed by atoms with Crippen LogP contribution in [0.1, 0.15) is 97.9 Å². The molecule has 0 radical (unpaired) electrons. The Morgan fingerprint density at radius 2 is 1.50 bits per heavy atom. The minimum Gasteiger partial charge on any atom is -0.458 e. The van der Waals surface area contributed by atoms with E-state index in [-0.39, 0.29) is 13.0 Å². The van der Waals surface area contributed by atoms with Crippen LogP contribution in [0.2, 0.25) is 0 Å². The largest absolute Gasteiger partial charge is 0.458 e. The van der Waals surface area contributed by atoms with E-state index in [9.17, 15) is 19.2 Å². The van der Waals surface area contributed by atoms with Crippen LogP contribution in [0, 0.1) is 0 Å². The van der Waals surface area contributed by atoms with E-state index in [1.807, 2.05) is 25.1 Å². The van der Waals surface area contributed by atoms with Crippen molar-refractivity contribution in [2.45, 2.75) is 123 Å². The molecular formula is C32H47NO9. The standard InChI is InChI=1S/C32H47NO9/c1-9-10-16-21-38-26-22(2)39-28(35)24(33(29(36)41-31(3,4)5)30(37)42-32(6,7)8)19-14-15-20-25(26)40-27(34)23-17-12-11-13-18-23/h10-13,16-18,22,24-26H,9,14-15,19-21H2,1-8H3/b16-10+/t22-,24-,25-,26-/m0/s1. The number of hydrogen-bond donors (Lipinski definition) is 0. The van der Waals surface area contributed by atoms with Gasteiger partial charge in [0.1, 0.15) is 35.6 Å². The summed E-state index contributed by atoms with van der Waals surface area (Å²) in [6.07, 6.45) is 1.64. The van der Waals surface area contributed by atoms with Crippen LogP contribution < -0.4 is 0 Å². The van der Waals surface area contributed by atoms with Gasteiger partial charge in [0.2, 0.25) is 0 Å². The topological polar surface area (TPSA) is 118 Å². The normalized spacial score (nSPS) is 22.1. The van der Waals surface area contributed by atoms with Crippen molar-refractivity contribution in [3.63, 3.8) is 0 Å². The molecule has 0 saturated carbocycles. The number of hydrogen-bond acceptors (Lipinski definition) is 9. The van der Waals surface area contributed by atoms with Gasteiger partial charge >= 0.3 is 24.1 Å². The Balaban J connectivity index is 2.38. The number of rotatable bonds is 7. The van der Waals surface area contributed by atoms with Gasteiger partial charge in [-0.3, -0.25) is 0 Å². The number of cyclic esters (lactones) is 1. The first-order valence-electron chi connectivity index (χ1n) is 14.6. The van der Waals surface area contributed by atoms with Crippen molar-refractivity contribution in [2.24, 2.45) is 0 Å². The summed E-state index contributed by atoms with van der Waals surface area (Å²) in [6.45, 7) is 13.8. The van der Waals surface area contributed by atoms with Crippen LogP contribution >= 0.6 is 0 Å². The molecular weight excluding hydrogens is 542 g/mol. The van der Waals surface area contributed by atoms with Crippen molar-refractivity contribution in [2.75, 3.05) is 6.61 Å². The van der Waals surface area contributed by atoms with Gasteiger partial charge in [0.15, 0.2) is 0 Å². The molecule has 1 saturated heterocycles. The smallest absolute Gasteiger partial charge is 0.420 e. The lowest BCUT2D eigenvalue weighted by atomic mass is 9.98.